The first-order chi connectivity index (χ1) is 13.0. The summed E-state index contributed by atoms with van der Waals surface area (Å²) >= 11 is 1.28. The van der Waals surface area contributed by atoms with Crippen molar-refractivity contribution < 1.29 is 19.4 Å². The Hall–Kier alpha value is -3.03. The number of esters is 1. The van der Waals surface area contributed by atoms with Crippen LogP contribution in [0.15, 0.2) is 60.0 Å². The number of benzene rings is 2. The molecular formula is C20H18N2O4S. The average Bonchev–Trinajstić information content (AvgIpc) is 3.15. The molecule has 6 nitrogen and oxygen atoms in total. The number of carbonyl (C=O) groups excluding carboxylic acids is 2. The van der Waals surface area contributed by atoms with Gasteiger partial charge in [0.15, 0.2) is 17.8 Å². The Morgan fingerprint density at radius 2 is 1.85 bits per heavy atom. The number of carbonyl (C=O) groups is 2. The van der Waals surface area contributed by atoms with Gasteiger partial charge in [-0.25, -0.2) is 9.78 Å². The third-order valence-electron chi connectivity index (χ3n) is 3.78. The maximum Gasteiger partial charge on any atom is 0.340 e. The number of hydrogen-bond donors (Lipinski definition) is 2. The van der Waals surface area contributed by atoms with Gasteiger partial charge in [0.2, 0.25) is 0 Å². The summed E-state index contributed by atoms with van der Waals surface area (Å²) in [6.45, 7) is 1.51. The smallest absolute Gasteiger partial charge is 0.340 e. The van der Waals surface area contributed by atoms with Gasteiger partial charge < -0.3 is 9.84 Å². The van der Waals surface area contributed by atoms with Crippen LogP contribution in [0, 0.1) is 6.92 Å². The summed E-state index contributed by atoms with van der Waals surface area (Å²) in [5.74, 6) is -1.40. The van der Waals surface area contributed by atoms with E-state index < -0.39 is 24.6 Å². The highest BCUT2D eigenvalue weighted by molar-refractivity contribution is 7.14. The number of aliphatic hydroxyl groups is 1. The van der Waals surface area contributed by atoms with Crippen LogP contribution < -0.4 is 5.32 Å². The zero-order chi connectivity index (χ0) is 19.2. The van der Waals surface area contributed by atoms with Gasteiger partial charge in [0.05, 0.1) is 5.69 Å². The van der Waals surface area contributed by atoms with Gasteiger partial charge in [0, 0.05) is 10.9 Å². The summed E-state index contributed by atoms with van der Waals surface area (Å²) in [5, 5.41) is 14.8. The first-order valence-electron chi connectivity index (χ1n) is 8.25. The molecule has 138 valence electrons. The van der Waals surface area contributed by atoms with Crippen LogP contribution >= 0.6 is 11.3 Å². The quantitative estimate of drug-likeness (QED) is 0.639. The van der Waals surface area contributed by atoms with Crippen molar-refractivity contribution in [1.82, 2.24) is 4.98 Å². The molecule has 27 heavy (non-hydrogen) atoms. The summed E-state index contributed by atoms with van der Waals surface area (Å²) in [5.41, 5.74) is 3.27. The zero-order valence-corrected chi connectivity index (χ0v) is 15.4. The predicted octanol–water partition coefficient (Wildman–Crippen LogP) is 3.33. The molecule has 1 heterocycles. The highest BCUT2D eigenvalue weighted by atomic mass is 32.1. The second-order valence-electron chi connectivity index (χ2n) is 5.87. The Balaban J connectivity index is 1.52. The third-order valence-corrected chi connectivity index (χ3v) is 4.54. The van der Waals surface area contributed by atoms with E-state index in [1.807, 2.05) is 36.6 Å². The minimum absolute atomic E-state index is 0.408. The predicted molar refractivity (Wildman–Crippen MR) is 103 cm³/mol. The van der Waals surface area contributed by atoms with E-state index in [0.29, 0.717) is 10.7 Å². The van der Waals surface area contributed by atoms with E-state index in [1.165, 1.54) is 11.3 Å². The van der Waals surface area contributed by atoms with Crippen LogP contribution in [0.1, 0.15) is 17.2 Å². The number of ether oxygens (including phenoxy) is 1. The molecule has 0 bridgehead atoms. The first kappa shape index (κ1) is 18.8. The number of nitrogens with zero attached hydrogens (tertiary/aromatic N) is 1. The molecule has 0 aliphatic heterocycles. The minimum Gasteiger partial charge on any atom is -0.453 e. The van der Waals surface area contributed by atoms with E-state index in [-0.39, 0.29) is 0 Å². The van der Waals surface area contributed by atoms with Crippen LogP contribution in [-0.2, 0) is 14.3 Å². The second-order valence-corrected chi connectivity index (χ2v) is 6.73. The lowest BCUT2D eigenvalue weighted by molar-refractivity contribution is -0.156. The minimum atomic E-state index is -1.42. The monoisotopic (exact) mass is 382 g/mol. The van der Waals surface area contributed by atoms with Gasteiger partial charge in [0.25, 0.3) is 5.91 Å². The lowest BCUT2D eigenvalue weighted by atomic mass is 10.1. The molecule has 1 amide bonds. The van der Waals surface area contributed by atoms with Crippen LogP contribution in [0.3, 0.4) is 0 Å². The number of rotatable bonds is 6. The van der Waals surface area contributed by atoms with Gasteiger partial charge in [-0.3, -0.25) is 10.1 Å². The number of hydrogen-bond acceptors (Lipinski definition) is 6. The molecule has 7 heteroatoms. The molecule has 1 atom stereocenters. The molecule has 0 saturated carbocycles. The molecule has 2 aromatic carbocycles. The van der Waals surface area contributed by atoms with Gasteiger partial charge in [-0.1, -0.05) is 60.2 Å². The van der Waals surface area contributed by atoms with E-state index in [9.17, 15) is 14.7 Å². The van der Waals surface area contributed by atoms with E-state index in [1.54, 1.807) is 30.3 Å². The number of aliphatic hydroxyl groups excluding tert-OH is 1. The highest BCUT2D eigenvalue weighted by Gasteiger charge is 2.20. The number of aryl methyl sites for hydroxylation is 1. The van der Waals surface area contributed by atoms with E-state index in [4.69, 9.17) is 4.74 Å². The largest absolute Gasteiger partial charge is 0.453 e. The van der Waals surface area contributed by atoms with Gasteiger partial charge >= 0.3 is 5.97 Å². The molecule has 3 aromatic rings. The Morgan fingerprint density at radius 3 is 2.56 bits per heavy atom. The van der Waals surface area contributed by atoms with Crippen LogP contribution in [0.4, 0.5) is 5.13 Å². The first-order valence-corrected chi connectivity index (χ1v) is 9.13. The van der Waals surface area contributed by atoms with Crippen molar-refractivity contribution in [2.24, 2.45) is 0 Å². The van der Waals surface area contributed by atoms with Crippen molar-refractivity contribution >= 4 is 28.3 Å². The maximum absolute atomic E-state index is 12.0. The van der Waals surface area contributed by atoms with Crippen LogP contribution in [-0.4, -0.2) is 28.6 Å². The van der Waals surface area contributed by atoms with Crippen molar-refractivity contribution in [2.45, 2.75) is 13.0 Å². The van der Waals surface area contributed by atoms with Gasteiger partial charge in [0.1, 0.15) is 0 Å². The molecule has 0 radical (unpaired) electrons. The van der Waals surface area contributed by atoms with Crippen molar-refractivity contribution in [2.75, 3.05) is 11.9 Å². The number of amides is 1. The lowest BCUT2D eigenvalue weighted by Gasteiger charge is -2.10. The molecule has 3 rings (SSSR count). The van der Waals surface area contributed by atoms with E-state index >= 15 is 0 Å². The lowest BCUT2D eigenvalue weighted by Crippen LogP contribution is -2.23. The van der Waals surface area contributed by atoms with Gasteiger partial charge in [-0.05, 0) is 12.5 Å². The maximum atomic E-state index is 12.0. The molecule has 0 aliphatic rings. The summed E-state index contributed by atoms with van der Waals surface area (Å²) in [6.07, 6.45) is -1.42. The van der Waals surface area contributed by atoms with Gasteiger partial charge in [-0.15, -0.1) is 11.3 Å². The standard InChI is InChI=1S/C20H18N2O4S/c1-13-7-9-14(10-8-13)16-12-27-20(21-16)22-17(23)11-26-19(25)18(24)15-5-3-2-4-6-15/h2-10,12,18,24H,11H2,1H3,(H,21,22,23)/t18-/m1/s1. The van der Waals surface area contributed by atoms with E-state index in [0.717, 1.165) is 16.8 Å². The summed E-state index contributed by atoms with van der Waals surface area (Å²) < 4.78 is 4.87. The molecular weight excluding hydrogens is 364 g/mol. The number of anilines is 1. The van der Waals surface area contributed by atoms with Crippen LogP contribution in [0.25, 0.3) is 11.3 Å². The highest BCUT2D eigenvalue weighted by Crippen LogP contribution is 2.25. The molecule has 0 saturated heterocycles. The van der Waals surface area contributed by atoms with Crippen molar-refractivity contribution in [1.29, 1.82) is 0 Å². The number of nitrogens with one attached hydrogen (secondary N) is 1. The van der Waals surface area contributed by atoms with Crippen molar-refractivity contribution in [3.63, 3.8) is 0 Å². The number of thiazole rings is 1. The normalized spacial score (nSPS) is 11.6. The Kier molecular flexibility index (Phi) is 5.95. The van der Waals surface area contributed by atoms with Crippen molar-refractivity contribution in [3.8, 4) is 11.3 Å². The van der Waals surface area contributed by atoms with Crippen molar-refractivity contribution in [3.05, 3.63) is 71.1 Å². The SMILES string of the molecule is Cc1ccc(-c2csc(NC(=O)COC(=O)[C@H](O)c3ccccc3)n2)cc1. The topological polar surface area (TPSA) is 88.5 Å². The second kappa shape index (κ2) is 8.57. The Labute approximate surface area is 160 Å². The number of aromatic nitrogens is 1. The van der Waals surface area contributed by atoms with Crippen LogP contribution in [0.5, 0.6) is 0 Å². The molecule has 0 spiro atoms. The zero-order valence-electron chi connectivity index (χ0n) is 14.6. The summed E-state index contributed by atoms with van der Waals surface area (Å²) in [4.78, 5) is 28.2. The molecule has 0 aliphatic carbocycles. The fraction of sp³-hybridized carbons (Fsp3) is 0.150. The molecule has 0 unspecified atom stereocenters. The summed E-state index contributed by atoms with van der Waals surface area (Å²) in [6, 6.07) is 16.3. The third kappa shape index (κ3) is 4.99. The Morgan fingerprint density at radius 1 is 1.15 bits per heavy atom. The van der Waals surface area contributed by atoms with Gasteiger partial charge in [-0.2, -0.15) is 0 Å². The fourth-order valence-electron chi connectivity index (χ4n) is 2.33. The van der Waals surface area contributed by atoms with E-state index in [2.05, 4.69) is 10.3 Å². The molecule has 0 fully saturated rings. The Bertz CT molecular complexity index is 923. The fourth-order valence-corrected chi connectivity index (χ4v) is 3.07. The molecule has 1 aromatic heterocycles. The average molecular weight is 382 g/mol. The van der Waals surface area contributed by atoms with Crippen LogP contribution in [0.2, 0.25) is 0 Å². The molecule has 2 N–H and O–H groups in total. The summed E-state index contributed by atoms with van der Waals surface area (Å²) in [7, 11) is 0.